The van der Waals surface area contributed by atoms with Gasteiger partial charge >= 0.3 is 12.0 Å². The van der Waals surface area contributed by atoms with Gasteiger partial charge in [-0.25, -0.2) is 4.79 Å². The van der Waals surface area contributed by atoms with Crippen LogP contribution in [0.25, 0.3) is 0 Å². The minimum atomic E-state index is -0.858. The van der Waals surface area contributed by atoms with Crippen LogP contribution in [0.15, 0.2) is 54.6 Å². The van der Waals surface area contributed by atoms with Crippen LogP contribution in [-0.2, 0) is 78.2 Å². The van der Waals surface area contributed by atoms with Gasteiger partial charge in [-0.05, 0) is 112 Å². The molecule has 1 unspecified atom stereocenters. The van der Waals surface area contributed by atoms with Gasteiger partial charge in [0.15, 0.2) is 11.6 Å². The van der Waals surface area contributed by atoms with Gasteiger partial charge in [0, 0.05) is 110 Å². The number of unbranched alkanes of at least 4 members (excludes halogenated alkanes) is 2. The van der Waals surface area contributed by atoms with Crippen molar-refractivity contribution in [1.82, 2.24) is 25.3 Å². The van der Waals surface area contributed by atoms with Crippen LogP contribution in [0.2, 0.25) is 0 Å². The maximum Gasteiger partial charge on any atom is 0.312 e. The number of nitrogens with two attached hydrogens (primary N) is 2. The van der Waals surface area contributed by atoms with Crippen molar-refractivity contribution < 1.29 is 81.5 Å². The number of primary amides is 1. The standard InChI is InChI=1S/C42H71N3O7.C36H57N5O10/c1-14-28(6)39(44(11)42(50)32(26(2)3)24-35(47)38(27(4)5)43(9)10)36(51-12)25-37(48)45-22-18-21-33(45)41(52-13)30(8)34(46)23-29(7)40(49)31-19-16-15-17-20-31;1-25(2)34(41-33(46)24-50-20-19-49-18-8-12-30(43)10-5-4-6-11-31(44)22-37)32(45)21-28(9-7-17-39-36(38)48)35(47)40-29-15-13-27(14-16-29)23-51-26(3)42/h15-17,19-20,26-30,32-33,36,38-41,49H,14,18,21-25H2,1-13H3;13-16,25,28,34H,4-12,17-24,37H2,1-3H3,(H,40,47)(H,41,46)(H3,38,39,48)/t28-,29-,30-,32-,33-,36+,38?,39-,40+,41+;28-,34+/m01/s1. The summed E-state index contributed by atoms with van der Waals surface area (Å²) in [5, 5.41) is 18.9. The van der Waals surface area contributed by atoms with Crippen LogP contribution in [0.4, 0.5) is 10.5 Å². The molecule has 103 heavy (non-hydrogen) atoms. The van der Waals surface area contributed by atoms with Crippen LogP contribution >= 0.6 is 0 Å². The first kappa shape index (κ1) is 92.2. The number of Topliss-reactive ketones (excluding diaryl/α,β-unsaturated/α-hetero) is 5. The molecule has 0 radical (unpaired) electrons. The zero-order valence-corrected chi connectivity index (χ0v) is 64.8. The van der Waals surface area contributed by atoms with E-state index in [1.54, 1.807) is 64.3 Å². The van der Waals surface area contributed by atoms with Gasteiger partial charge in [-0.1, -0.05) is 125 Å². The number of carbonyl (C=O) groups excluding carboxylic acids is 11. The maximum absolute atomic E-state index is 14.3. The molecule has 8 N–H and O–H groups in total. The summed E-state index contributed by atoms with van der Waals surface area (Å²) in [4.78, 5) is 146. The highest BCUT2D eigenvalue weighted by atomic mass is 16.5. The normalized spacial score (nSPS) is 16.2. The molecule has 0 aromatic heterocycles. The van der Waals surface area contributed by atoms with Crippen molar-refractivity contribution in [2.45, 2.75) is 228 Å². The fourth-order valence-corrected chi connectivity index (χ4v) is 13.4. The van der Waals surface area contributed by atoms with E-state index in [2.05, 4.69) is 29.8 Å². The topological polar surface area (TPSA) is 352 Å². The summed E-state index contributed by atoms with van der Waals surface area (Å²) in [5.41, 5.74) is 12.4. The number of hydrogen-bond donors (Lipinski definition) is 6. The summed E-state index contributed by atoms with van der Waals surface area (Å²) in [5.74, 6) is -3.80. The van der Waals surface area contributed by atoms with Crippen LogP contribution in [0.5, 0.6) is 0 Å². The van der Waals surface area contributed by atoms with Crippen molar-refractivity contribution in [1.29, 1.82) is 0 Å². The Bertz CT molecular complexity index is 2900. The van der Waals surface area contributed by atoms with Crippen LogP contribution in [0.1, 0.15) is 196 Å². The quantitative estimate of drug-likeness (QED) is 0.0266. The molecule has 2 aromatic rings. The summed E-state index contributed by atoms with van der Waals surface area (Å²) < 4.78 is 27.9. The molecule has 582 valence electrons. The number of esters is 1. The summed E-state index contributed by atoms with van der Waals surface area (Å²) in [7, 11) is 8.76. The highest BCUT2D eigenvalue weighted by Gasteiger charge is 2.44. The summed E-state index contributed by atoms with van der Waals surface area (Å²) in [6.07, 6.45) is 5.60. The lowest BCUT2D eigenvalue weighted by molar-refractivity contribution is -0.149. The van der Waals surface area contributed by atoms with Crippen LogP contribution < -0.4 is 27.4 Å². The van der Waals surface area contributed by atoms with Gasteiger partial charge in [-0.3, -0.25) is 52.8 Å². The number of nitrogens with one attached hydrogen (secondary N) is 3. The molecule has 0 aliphatic carbocycles. The molecule has 3 rings (SSSR count). The second kappa shape index (κ2) is 49.8. The predicted molar refractivity (Wildman–Crippen MR) is 397 cm³/mol. The Hall–Kier alpha value is -6.87. The number of carbonyl (C=O) groups is 11. The van der Waals surface area contributed by atoms with E-state index < -0.39 is 72.0 Å². The number of urea groups is 1. The van der Waals surface area contributed by atoms with Crippen molar-refractivity contribution >= 4 is 70.2 Å². The Kier molecular flexibility index (Phi) is 44.6. The van der Waals surface area contributed by atoms with Crippen LogP contribution in [0, 0.1) is 47.3 Å². The first-order valence-electron chi connectivity index (χ1n) is 37.1. The lowest BCUT2D eigenvalue weighted by Gasteiger charge is -2.41. The van der Waals surface area contributed by atoms with E-state index in [1.807, 2.05) is 95.8 Å². The fourth-order valence-electron chi connectivity index (χ4n) is 13.4. The molecule has 0 bridgehead atoms. The molecule has 1 fully saturated rings. The number of aliphatic hydroxyl groups is 1. The van der Waals surface area contributed by atoms with Crippen molar-refractivity contribution in [3.05, 3.63) is 65.7 Å². The number of nitrogens with zero attached hydrogens (tertiary/aromatic N) is 3. The third-order valence-corrected chi connectivity index (χ3v) is 19.4. The van der Waals surface area contributed by atoms with Crippen molar-refractivity contribution in [3.8, 4) is 0 Å². The molecule has 25 nitrogen and oxygen atoms in total. The molecule has 1 aliphatic heterocycles. The largest absolute Gasteiger partial charge is 0.461 e. The molecule has 1 saturated heterocycles. The Morgan fingerprint density at radius 1 is 0.689 bits per heavy atom. The minimum absolute atomic E-state index is 0.0103. The third kappa shape index (κ3) is 33.8. The first-order chi connectivity index (χ1) is 48.7. The molecular formula is C78H128N8O17. The maximum atomic E-state index is 14.3. The van der Waals surface area contributed by atoms with E-state index in [4.69, 9.17) is 35.2 Å². The summed E-state index contributed by atoms with van der Waals surface area (Å²) >= 11 is 0. The fraction of sp³-hybridized carbons (Fsp3) is 0.705. The molecule has 1 aliphatic rings. The van der Waals surface area contributed by atoms with Gasteiger partial charge in [0.1, 0.15) is 30.6 Å². The number of anilines is 1. The number of rotatable bonds is 51. The van der Waals surface area contributed by atoms with E-state index in [0.29, 0.717) is 57.4 Å². The molecular weight excluding hydrogens is 1320 g/mol. The van der Waals surface area contributed by atoms with E-state index in [9.17, 15) is 57.8 Å². The number of amides is 6. The highest BCUT2D eigenvalue weighted by molar-refractivity contribution is 5.97. The van der Waals surface area contributed by atoms with Crippen LogP contribution in [-0.4, -0.2) is 202 Å². The lowest BCUT2D eigenvalue weighted by Crippen LogP contribution is -2.54. The summed E-state index contributed by atoms with van der Waals surface area (Å²) in [6.45, 7) is 22.2. The van der Waals surface area contributed by atoms with Crippen LogP contribution in [0.3, 0.4) is 0 Å². The number of ether oxygens (including phenoxy) is 5. The molecule has 2 aromatic carbocycles. The number of methoxy groups -OCH3 is 2. The highest BCUT2D eigenvalue weighted by Crippen LogP contribution is 2.33. The minimum Gasteiger partial charge on any atom is -0.461 e. The number of likely N-dealkylation sites (N-methyl/N-ethyl adjacent to an activating group) is 2. The number of hydrogen-bond acceptors (Lipinski definition) is 19. The number of ketones is 5. The molecule has 12 atom stereocenters. The second-order valence-electron chi connectivity index (χ2n) is 28.9. The molecule has 0 saturated carbocycles. The Morgan fingerprint density at radius 3 is 1.88 bits per heavy atom. The van der Waals surface area contributed by atoms with E-state index >= 15 is 0 Å². The van der Waals surface area contributed by atoms with Gasteiger partial charge in [-0.15, -0.1) is 0 Å². The molecule has 1 heterocycles. The Morgan fingerprint density at radius 2 is 1.32 bits per heavy atom. The Labute approximate surface area is 613 Å². The SMILES string of the molecule is CC(=O)OCc1ccc(NC(=O)[C@H](CCCNC(N)=O)CC(=O)[C@@H](NC(=O)COCCOCCCC(=O)CCCCCC(=O)CN)C(C)C)cc1.CC[C@H](C)[C@@H]([C@@H](CC(=O)N1CCC[C@H]1[C@H](OC)[C@@H](C)C(=O)C[C@H](C)[C@@H](O)c1ccccc1)OC)N(C)C(=O)[C@@H](CC(=O)C(C(C)C)N(C)C)C(C)C. The average molecular weight is 1450 g/mol. The monoisotopic (exact) mass is 1450 g/mol. The van der Waals surface area contributed by atoms with E-state index in [-0.39, 0.29) is 154 Å². The Balaban J connectivity index is 0.000000700. The van der Waals surface area contributed by atoms with Crippen molar-refractivity contribution in [2.24, 2.45) is 58.8 Å². The number of likely N-dealkylation sites (tertiary alicyclic amines) is 1. The zero-order valence-electron chi connectivity index (χ0n) is 64.8. The molecule has 25 heteroatoms. The van der Waals surface area contributed by atoms with E-state index in [1.165, 1.54) is 6.92 Å². The van der Waals surface area contributed by atoms with Gasteiger partial charge in [0.05, 0.1) is 68.7 Å². The molecule has 6 amide bonds. The predicted octanol–water partition coefficient (Wildman–Crippen LogP) is 8.77. The average Bonchev–Trinajstić information content (AvgIpc) is 1.80. The van der Waals surface area contributed by atoms with Crippen molar-refractivity contribution in [3.63, 3.8) is 0 Å². The van der Waals surface area contributed by atoms with Crippen molar-refractivity contribution in [2.75, 3.05) is 86.7 Å². The number of benzene rings is 2. The first-order valence-corrected chi connectivity index (χ1v) is 37.1. The van der Waals surface area contributed by atoms with E-state index in [0.717, 1.165) is 43.2 Å². The zero-order chi connectivity index (χ0) is 77.5. The van der Waals surface area contributed by atoms with Gasteiger partial charge in [-0.2, -0.15) is 0 Å². The lowest BCUT2D eigenvalue weighted by atomic mass is 9.83. The molecule has 0 spiro atoms. The smallest absolute Gasteiger partial charge is 0.312 e. The van der Waals surface area contributed by atoms with Gasteiger partial charge < -0.3 is 66.0 Å². The number of aliphatic hydroxyl groups excluding tert-OH is 1. The second-order valence-corrected chi connectivity index (χ2v) is 28.9. The summed E-state index contributed by atoms with van der Waals surface area (Å²) in [6, 6.07) is 13.6. The van der Waals surface area contributed by atoms with Gasteiger partial charge in [0.25, 0.3) is 0 Å². The third-order valence-electron chi connectivity index (χ3n) is 19.4. The van der Waals surface area contributed by atoms with Gasteiger partial charge in [0.2, 0.25) is 23.6 Å².